The van der Waals surface area contributed by atoms with Gasteiger partial charge in [-0.3, -0.25) is 0 Å². The molecular weight excluding hydrogens is 260 g/mol. The second-order valence-corrected chi connectivity index (χ2v) is 4.99. The van der Waals surface area contributed by atoms with Gasteiger partial charge in [-0.15, -0.1) is 0 Å². The third kappa shape index (κ3) is 2.48. The summed E-state index contributed by atoms with van der Waals surface area (Å²) in [6.45, 7) is 5.12. The van der Waals surface area contributed by atoms with E-state index in [1.54, 1.807) is 4.90 Å². The maximum absolute atomic E-state index is 12.2. The van der Waals surface area contributed by atoms with E-state index < -0.39 is 11.5 Å². The van der Waals surface area contributed by atoms with E-state index >= 15 is 0 Å². The molecule has 0 atom stereocenters. The molecule has 0 unspecified atom stereocenters. The number of nitrogens with one attached hydrogen (secondary N) is 2. The van der Waals surface area contributed by atoms with E-state index in [0.29, 0.717) is 18.9 Å². The van der Waals surface area contributed by atoms with Gasteiger partial charge in [-0.05, 0) is 33.1 Å². The second-order valence-electron chi connectivity index (χ2n) is 4.99. The van der Waals surface area contributed by atoms with Crippen LogP contribution in [0, 0.1) is 0 Å². The average Bonchev–Trinajstić information content (AvgIpc) is 2.85. The van der Waals surface area contributed by atoms with E-state index in [1.807, 2.05) is 13.8 Å². The zero-order valence-corrected chi connectivity index (χ0v) is 11.8. The van der Waals surface area contributed by atoms with Crippen LogP contribution >= 0.6 is 0 Å². The number of nitrogens with zero attached hydrogens (tertiary/aromatic N) is 2. The maximum Gasteiger partial charge on any atom is 0.353 e. The fraction of sp³-hybridized carbons (Fsp3) is 0.615. The Morgan fingerprint density at radius 3 is 2.50 bits per heavy atom. The minimum Gasteiger partial charge on any atom is -0.477 e. The standard InChI is InChI=1S/C13H20N4O3/c1-3-17(4-2)12(20)16-13(6-5-7-13)11-14-8-9(15-11)10(18)19/h8H,3-7H2,1-2H3,(H,14,15)(H,16,20)(H,18,19). The monoisotopic (exact) mass is 280 g/mol. The van der Waals surface area contributed by atoms with Gasteiger partial charge < -0.3 is 20.3 Å². The summed E-state index contributed by atoms with van der Waals surface area (Å²) in [5.74, 6) is -0.519. The highest BCUT2D eigenvalue weighted by Gasteiger charge is 2.43. The highest BCUT2D eigenvalue weighted by atomic mass is 16.4. The zero-order chi connectivity index (χ0) is 14.8. The predicted octanol–water partition coefficient (Wildman–Crippen LogP) is 1.54. The van der Waals surface area contributed by atoms with Crippen molar-refractivity contribution in [3.8, 4) is 0 Å². The first-order valence-electron chi connectivity index (χ1n) is 6.88. The molecule has 0 radical (unpaired) electrons. The number of aromatic nitrogens is 2. The summed E-state index contributed by atoms with van der Waals surface area (Å²) in [4.78, 5) is 31.7. The molecule has 1 saturated carbocycles. The van der Waals surface area contributed by atoms with Gasteiger partial charge in [0.2, 0.25) is 0 Å². The van der Waals surface area contributed by atoms with E-state index in [0.717, 1.165) is 19.3 Å². The third-order valence-corrected chi connectivity index (χ3v) is 3.86. The average molecular weight is 280 g/mol. The van der Waals surface area contributed by atoms with Crippen molar-refractivity contribution >= 4 is 12.0 Å². The molecule has 0 bridgehead atoms. The molecule has 1 heterocycles. The number of rotatable bonds is 5. The van der Waals surface area contributed by atoms with Crippen molar-refractivity contribution in [3.63, 3.8) is 0 Å². The number of aromatic amines is 1. The zero-order valence-electron chi connectivity index (χ0n) is 11.8. The van der Waals surface area contributed by atoms with Crippen molar-refractivity contribution < 1.29 is 14.7 Å². The number of amides is 2. The van der Waals surface area contributed by atoms with Gasteiger partial charge in [0.25, 0.3) is 0 Å². The summed E-state index contributed by atoms with van der Waals surface area (Å²) in [5, 5.41) is 11.9. The quantitative estimate of drug-likeness (QED) is 0.762. The number of aromatic carboxylic acids is 1. The first-order valence-corrected chi connectivity index (χ1v) is 6.88. The third-order valence-electron chi connectivity index (χ3n) is 3.86. The fourth-order valence-electron chi connectivity index (χ4n) is 2.42. The molecule has 0 aromatic carbocycles. The Morgan fingerprint density at radius 2 is 2.10 bits per heavy atom. The van der Waals surface area contributed by atoms with Gasteiger partial charge >= 0.3 is 12.0 Å². The SMILES string of the molecule is CCN(CC)C(=O)NC1(c2ncc(C(=O)O)[nH]2)CCC1. The van der Waals surface area contributed by atoms with Crippen molar-refractivity contribution in [2.75, 3.05) is 13.1 Å². The Hall–Kier alpha value is -2.05. The van der Waals surface area contributed by atoms with Crippen molar-refractivity contribution in [2.24, 2.45) is 0 Å². The van der Waals surface area contributed by atoms with Gasteiger partial charge in [-0.2, -0.15) is 0 Å². The van der Waals surface area contributed by atoms with Crippen LogP contribution in [-0.4, -0.2) is 45.1 Å². The van der Waals surface area contributed by atoms with Crippen LogP contribution < -0.4 is 5.32 Å². The number of carboxylic acids is 1. The Labute approximate surface area is 117 Å². The molecule has 1 aliphatic rings. The molecule has 0 saturated heterocycles. The normalized spacial score (nSPS) is 16.3. The second kappa shape index (κ2) is 5.52. The summed E-state index contributed by atoms with van der Waals surface area (Å²) >= 11 is 0. The Morgan fingerprint density at radius 1 is 1.45 bits per heavy atom. The minimum absolute atomic E-state index is 0.0448. The lowest BCUT2D eigenvalue weighted by molar-refractivity contribution is 0.0690. The number of hydrogen-bond acceptors (Lipinski definition) is 3. The van der Waals surface area contributed by atoms with Gasteiger partial charge in [0.1, 0.15) is 11.5 Å². The van der Waals surface area contributed by atoms with E-state index in [9.17, 15) is 9.59 Å². The summed E-state index contributed by atoms with van der Waals surface area (Å²) in [6, 6.07) is -0.136. The Bertz CT molecular complexity index is 503. The largest absolute Gasteiger partial charge is 0.477 e. The molecule has 3 N–H and O–H groups in total. The molecule has 0 spiro atoms. The molecule has 7 heteroatoms. The first kappa shape index (κ1) is 14.4. The summed E-state index contributed by atoms with van der Waals surface area (Å²) < 4.78 is 0. The van der Waals surface area contributed by atoms with Crippen LogP contribution in [0.25, 0.3) is 0 Å². The van der Waals surface area contributed by atoms with Crippen LogP contribution in [0.15, 0.2) is 6.20 Å². The number of carbonyl (C=O) groups is 2. The van der Waals surface area contributed by atoms with E-state index in [1.165, 1.54) is 6.20 Å². The van der Waals surface area contributed by atoms with E-state index in [4.69, 9.17) is 5.11 Å². The van der Waals surface area contributed by atoms with Crippen molar-refractivity contribution in [3.05, 3.63) is 17.7 Å². The predicted molar refractivity (Wildman–Crippen MR) is 72.5 cm³/mol. The molecule has 1 aromatic rings. The fourth-order valence-corrected chi connectivity index (χ4v) is 2.42. The summed E-state index contributed by atoms with van der Waals surface area (Å²) in [5.41, 5.74) is -0.503. The number of carbonyl (C=O) groups excluding carboxylic acids is 1. The van der Waals surface area contributed by atoms with Crippen LogP contribution in [-0.2, 0) is 5.54 Å². The van der Waals surface area contributed by atoms with Gasteiger partial charge in [0.05, 0.1) is 11.7 Å². The minimum atomic E-state index is -1.05. The lowest BCUT2D eigenvalue weighted by atomic mass is 9.76. The molecule has 2 amide bonds. The van der Waals surface area contributed by atoms with Crippen molar-refractivity contribution in [1.29, 1.82) is 0 Å². The molecule has 0 aliphatic heterocycles. The number of hydrogen-bond donors (Lipinski definition) is 3. The molecule has 1 aliphatic carbocycles. The van der Waals surface area contributed by atoms with Gasteiger partial charge in [0, 0.05) is 13.1 Å². The van der Waals surface area contributed by atoms with Crippen LogP contribution in [0.5, 0.6) is 0 Å². The number of carboxylic acid groups (broad SMARTS) is 1. The summed E-state index contributed by atoms with van der Waals surface area (Å²) in [7, 11) is 0. The van der Waals surface area contributed by atoms with E-state index in [2.05, 4.69) is 15.3 Å². The van der Waals surface area contributed by atoms with Gasteiger partial charge in [-0.1, -0.05) is 0 Å². The van der Waals surface area contributed by atoms with Crippen LogP contribution in [0.3, 0.4) is 0 Å². The molecule has 1 fully saturated rings. The maximum atomic E-state index is 12.2. The van der Waals surface area contributed by atoms with E-state index in [-0.39, 0.29) is 11.7 Å². The summed E-state index contributed by atoms with van der Waals surface area (Å²) in [6.07, 6.45) is 3.82. The molecule has 7 nitrogen and oxygen atoms in total. The van der Waals surface area contributed by atoms with Gasteiger partial charge in [-0.25, -0.2) is 14.6 Å². The lowest BCUT2D eigenvalue weighted by Gasteiger charge is -2.41. The number of urea groups is 1. The Kier molecular flexibility index (Phi) is 3.96. The van der Waals surface area contributed by atoms with Crippen molar-refractivity contribution in [2.45, 2.75) is 38.6 Å². The molecule has 1 aromatic heterocycles. The van der Waals surface area contributed by atoms with Crippen LogP contribution in [0.2, 0.25) is 0 Å². The highest BCUT2D eigenvalue weighted by Crippen LogP contribution is 2.39. The number of H-pyrrole nitrogens is 1. The molecule has 20 heavy (non-hydrogen) atoms. The molecule has 2 rings (SSSR count). The first-order chi connectivity index (χ1) is 9.52. The topological polar surface area (TPSA) is 98.3 Å². The highest BCUT2D eigenvalue weighted by molar-refractivity contribution is 5.85. The molecular formula is C13H20N4O3. The Balaban J connectivity index is 2.16. The van der Waals surface area contributed by atoms with Gasteiger partial charge in [0.15, 0.2) is 0 Å². The molecule has 110 valence electrons. The van der Waals surface area contributed by atoms with Crippen LogP contribution in [0.1, 0.15) is 49.4 Å². The smallest absolute Gasteiger partial charge is 0.353 e. The number of imidazole rings is 1. The van der Waals surface area contributed by atoms with Crippen molar-refractivity contribution in [1.82, 2.24) is 20.2 Å². The lowest BCUT2D eigenvalue weighted by Crippen LogP contribution is -2.55. The van der Waals surface area contributed by atoms with Crippen LogP contribution in [0.4, 0.5) is 4.79 Å².